The topological polar surface area (TPSA) is 102 Å². The second kappa shape index (κ2) is 13.9. The van der Waals surface area contributed by atoms with Crippen molar-refractivity contribution in [2.24, 2.45) is 22.7 Å². The first kappa shape index (κ1) is 39.4. The summed E-state index contributed by atoms with van der Waals surface area (Å²) in [4.78, 5) is 27.7. The number of rotatable bonds is 11. The van der Waals surface area contributed by atoms with Gasteiger partial charge < -0.3 is 14.5 Å². The molecule has 5 atom stereocenters. The van der Waals surface area contributed by atoms with Crippen LogP contribution in [0.25, 0.3) is 10.8 Å². The highest BCUT2D eigenvalue weighted by Gasteiger charge is 2.72. The molecule has 1 spiro atoms. The van der Waals surface area contributed by atoms with E-state index in [-0.39, 0.29) is 29.0 Å². The van der Waals surface area contributed by atoms with Crippen molar-refractivity contribution in [3.8, 4) is 0 Å². The third kappa shape index (κ3) is 7.95. The van der Waals surface area contributed by atoms with E-state index in [1.807, 2.05) is 42.5 Å². The zero-order chi connectivity index (χ0) is 37.8. The fourth-order valence-corrected chi connectivity index (χ4v) is 12.1. The van der Waals surface area contributed by atoms with Gasteiger partial charge in [-0.2, -0.15) is 0 Å². The Morgan fingerprint density at radius 1 is 1.08 bits per heavy atom. The number of halogens is 1. The molecule has 1 aliphatic heterocycles. The van der Waals surface area contributed by atoms with Gasteiger partial charge in [0.2, 0.25) is 15.9 Å². The molecule has 2 bridgehead atoms. The Bertz CT molecular complexity index is 1780. The molecule has 2 saturated carbocycles. The van der Waals surface area contributed by atoms with Crippen molar-refractivity contribution < 1.29 is 31.6 Å². The normalized spacial score (nSPS) is 25.5. The highest BCUT2D eigenvalue weighted by Crippen LogP contribution is 2.70. The molecule has 1 heterocycles. The van der Waals surface area contributed by atoms with Gasteiger partial charge in [-0.15, -0.1) is 0 Å². The summed E-state index contributed by atoms with van der Waals surface area (Å²) >= 11 is 0. The minimum Gasteiger partial charge on any atom is -0.444 e. The first-order valence-electron chi connectivity index (χ1n) is 18.5. The number of nitrogens with zero attached hydrogens (tertiary/aromatic N) is 1. The van der Waals surface area contributed by atoms with Crippen LogP contribution in [-0.2, 0) is 30.4 Å². The average molecular weight is 743 g/mol. The summed E-state index contributed by atoms with van der Waals surface area (Å²) in [6.45, 7) is 20.6. The van der Waals surface area contributed by atoms with Gasteiger partial charge in [-0.1, -0.05) is 77.1 Å². The van der Waals surface area contributed by atoms with Crippen molar-refractivity contribution in [2.75, 3.05) is 12.4 Å². The molecule has 3 aliphatic rings. The van der Waals surface area contributed by atoms with Gasteiger partial charge in [-0.3, -0.25) is 4.79 Å². The molecule has 2 aromatic carbocycles. The van der Waals surface area contributed by atoms with Gasteiger partial charge in [0, 0.05) is 12.0 Å². The van der Waals surface area contributed by atoms with Gasteiger partial charge in [-0.25, -0.2) is 21.9 Å². The fourth-order valence-electron chi connectivity index (χ4n) is 8.45. The lowest BCUT2D eigenvalue weighted by Gasteiger charge is -2.37. The molecule has 2 aliphatic carbocycles. The molecule has 2 aromatic rings. The van der Waals surface area contributed by atoms with Crippen LogP contribution < -0.4 is 5.32 Å². The summed E-state index contributed by atoms with van der Waals surface area (Å²) in [5.41, 5.74) is -0.741. The van der Waals surface area contributed by atoms with Gasteiger partial charge in [0.1, 0.15) is 11.4 Å². The number of alkyl carbamates (subject to hydrolysis) is 1. The van der Waals surface area contributed by atoms with Crippen molar-refractivity contribution in [1.29, 1.82) is 0 Å². The Morgan fingerprint density at radius 3 is 2.37 bits per heavy atom. The van der Waals surface area contributed by atoms with Crippen molar-refractivity contribution in [3.63, 3.8) is 0 Å². The second-order valence-electron chi connectivity index (χ2n) is 18.2. The molecule has 8 nitrogen and oxygen atoms in total. The van der Waals surface area contributed by atoms with Crippen molar-refractivity contribution >= 4 is 41.1 Å². The minimum atomic E-state index is -3.94. The van der Waals surface area contributed by atoms with E-state index < -0.39 is 65.2 Å². The monoisotopic (exact) mass is 742 g/mol. The molecule has 1 saturated heterocycles. The summed E-state index contributed by atoms with van der Waals surface area (Å²) in [6, 6.07) is 12.2. The van der Waals surface area contributed by atoms with Crippen molar-refractivity contribution in [1.82, 2.24) is 9.62 Å². The molecule has 5 rings (SSSR count). The van der Waals surface area contributed by atoms with E-state index in [0.29, 0.717) is 25.4 Å². The van der Waals surface area contributed by atoms with Gasteiger partial charge in [0.25, 0.3) is 0 Å². The lowest BCUT2D eigenvalue weighted by Crippen LogP contribution is -2.46. The number of carbonyl (C=O) groups is 2. The molecule has 1 N–H and O–H groups in total. The number of fused-ring (bicyclic) bond motifs is 2. The Morgan fingerprint density at radius 2 is 1.75 bits per heavy atom. The number of ether oxygens (including phenoxy) is 1. The number of benzene rings is 2. The van der Waals surface area contributed by atoms with Crippen LogP contribution in [-0.4, -0.2) is 63.1 Å². The number of hydrogen-bond acceptors (Lipinski definition) is 6. The van der Waals surface area contributed by atoms with E-state index >= 15 is 4.39 Å². The minimum absolute atomic E-state index is 0.00514. The van der Waals surface area contributed by atoms with Gasteiger partial charge in [0.15, 0.2) is 8.32 Å². The predicted molar refractivity (Wildman–Crippen MR) is 204 cm³/mol. The van der Waals surface area contributed by atoms with E-state index in [0.717, 1.165) is 33.5 Å². The highest BCUT2D eigenvalue weighted by atomic mass is 32.2. The van der Waals surface area contributed by atoms with Gasteiger partial charge in [0.05, 0.1) is 23.8 Å². The van der Waals surface area contributed by atoms with Crippen molar-refractivity contribution in [3.05, 3.63) is 59.9 Å². The number of carbonyl (C=O) groups excluding carboxylic acids is 2. The summed E-state index contributed by atoms with van der Waals surface area (Å²) in [5.74, 6) is -2.17. The van der Waals surface area contributed by atoms with Gasteiger partial charge in [-0.05, 0) is 111 Å². The molecule has 0 unspecified atom stereocenters. The third-order valence-electron chi connectivity index (χ3n) is 12.5. The number of hydrogen-bond donors (Lipinski definition) is 1. The SMILES string of the molecule is CC(C)(C)OC(=O)N[C@@H](CCCO[Si](C)(C)C(C)(C)C)/C(F)=C/[C@@H](Cc1ccc2ccccc2c1)C(=O)N1[C@@H]2C[C@H]3CC[C@]2(CS1(=O)=O)C3(C)C. The summed E-state index contributed by atoms with van der Waals surface area (Å²) in [6.07, 6.45) is 3.58. The Balaban J connectivity index is 1.48. The number of nitrogens with one attached hydrogen (secondary N) is 1. The predicted octanol–water partition coefficient (Wildman–Crippen LogP) is 8.91. The molecular weight excluding hydrogens is 684 g/mol. The van der Waals surface area contributed by atoms with E-state index in [2.05, 4.69) is 53.0 Å². The summed E-state index contributed by atoms with van der Waals surface area (Å²) in [7, 11) is -6.00. The lowest BCUT2D eigenvalue weighted by atomic mass is 9.69. The average Bonchev–Trinajstić information content (AvgIpc) is 3.48. The number of amides is 2. The first-order valence-corrected chi connectivity index (χ1v) is 23.0. The van der Waals surface area contributed by atoms with E-state index in [4.69, 9.17) is 9.16 Å². The zero-order valence-corrected chi connectivity index (χ0v) is 34.1. The molecule has 51 heavy (non-hydrogen) atoms. The maximum absolute atomic E-state index is 16.7. The van der Waals surface area contributed by atoms with Crippen LogP contribution in [0.5, 0.6) is 0 Å². The Hall–Kier alpha value is -2.76. The van der Waals surface area contributed by atoms with E-state index in [1.54, 1.807) is 20.8 Å². The lowest BCUT2D eigenvalue weighted by molar-refractivity contribution is -0.131. The van der Waals surface area contributed by atoms with Crippen LogP contribution in [0.2, 0.25) is 18.1 Å². The molecular formula is C40H59FN2O6SSi. The maximum atomic E-state index is 16.7. The van der Waals surface area contributed by atoms with Crippen LogP contribution in [0, 0.1) is 22.7 Å². The Labute approximate surface area is 306 Å². The highest BCUT2D eigenvalue weighted by molar-refractivity contribution is 7.90. The maximum Gasteiger partial charge on any atom is 0.408 e. The molecule has 2 amide bonds. The second-order valence-corrected chi connectivity index (χ2v) is 24.9. The smallest absolute Gasteiger partial charge is 0.408 e. The fraction of sp³-hybridized carbons (Fsp3) is 0.650. The number of sulfonamides is 1. The van der Waals surface area contributed by atoms with Gasteiger partial charge >= 0.3 is 6.09 Å². The molecule has 3 fully saturated rings. The molecule has 0 aromatic heterocycles. The Kier molecular flexibility index (Phi) is 10.8. The van der Waals surface area contributed by atoms with Crippen LogP contribution in [0.1, 0.15) is 93.1 Å². The van der Waals surface area contributed by atoms with Crippen LogP contribution in [0.4, 0.5) is 9.18 Å². The van der Waals surface area contributed by atoms with E-state index in [9.17, 15) is 18.0 Å². The van der Waals surface area contributed by atoms with Crippen molar-refractivity contribution in [2.45, 2.75) is 130 Å². The zero-order valence-electron chi connectivity index (χ0n) is 32.3. The largest absolute Gasteiger partial charge is 0.444 e. The van der Waals surface area contributed by atoms with Crippen LogP contribution >= 0.6 is 0 Å². The quantitative estimate of drug-likeness (QED) is 0.182. The third-order valence-corrected chi connectivity index (χ3v) is 19.0. The molecule has 282 valence electrons. The van der Waals surface area contributed by atoms with E-state index in [1.165, 1.54) is 6.08 Å². The first-order chi connectivity index (χ1) is 23.5. The standard InChI is InChI=1S/C40H59FN2O6SSi/c1-37(2,3)49-36(45)42-33(16-13-21-48-51(9,10)38(4,5)6)32(41)24-30(23-27-17-18-28-14-11-12-15-29(28)22-27)35(44)43-34-25-31-19-20-40(34,39(31,7)8)26-50(43,46)47/h11-12,14-15,17-18,22,24,30-31,33-34H,13,16,19-21,23,25-26H2,1-10H3,(H,42,45)/b32-24-/t30-,31-,33+,34-,40-/m1/s1. The molecule has 0 radical (unpaired) electrons. The molecule has 11 heteroatoms. The van der Waals surface area contributed by atoms with Crippen LogP contribution in [0.3, 0.4) is 0 Å². The summed E-state index contributed by atoms with van der Waals surface area (Å²) < 4.78 is 57.6. The summed E-state index contributed by atoms with van der Waals surface area (Å²) in [5, 5.41) is 4.70. The van der Waals surface area contributed by atoms with Crippen LogP contribution in [0.15, 0.2) is 54.4 Å².